The van der Waals surface area contributed by atoms with E-state index in [4.69, 9.17) is 14.9 Å². The molecule has 5 nitrogen and oxygen atoms in total. The number of aliphatic hydroxyl groups excluding tert-OH is 1. The average Bonchev–Trinajstić information content (AvgIpc) is 2.18. The minimum atomic E-state index is -1.02. The molecule has 1 fully saturated rings. The first kappa shape index (κ1) is 11.3. The molecule has 0 spiro atoms. The molecule has 0 aromatic rings. The summed E-state index contributed by atoms with van der Waals surface area (Å²) in [6, 6.07) is -0.138. The number of carboxylic acid groups (broad SMARTS) is 1. The van der Waals surface area contributed by atoms with Gasteiger partial charge in [-0.15, -0.1) is 0 Å². The van der Waals surface area contributed by atoms with Crippen molar-refractivity contribution in [2.24, 2.45) is 5.92 Å². The highest BCUT2D eigenvalue weighted by molar-refractivity contribution is 5.64. The number of hydrogen-bond acceptors (Lipinski definition) is 3. The van der Waals surface area contributed by atoms with E-state index in [1.54, 1.807) is 0 Å². The molecule has 82 valence electrons. The summed E-state index contributed by atoms with van der Waals surface area (Å²) in [5, 5.41) is 19.9. The Balaban J connectivity index is 2.42. The van der Waals surface area contributed by atoms with Crippen LogP contribution in [0.4, 0.5) is 4.79 Å². The Labute approximate surface area is 83.1 Å². The van der Waals surface area contributed by atoms with E-state index in [-0.39, 0.29) is 12.6 Å². The number of ether oxygens (including phenoxy) is 1. The fraction of sp³-hybridized carbons (Fsp3) is 0.889. The van der Waals surface area contributed by atoms with Gasteiger partial charge in [-0.3, -0.25) is 0 Å². The third kappa shape index (κ3) is 3.51. The van der Waals surface area contributed by atoms with Crippen molar-refractivity contribution in [3.8, 4) is 0 Å². The summed E-state index contributed by atoms with van der Waals surface area (Å²) < 4.78 is 5.20. The molecule has 0 bridgehead atoms. The molecule has 14 heavy (non-hydrogen) atoms. The summed E-state index contributed by atoms with van der Waals surface area (Å²) in [6.07, 6.45) is 1.20. The lowest BCUT2D eigenvalue weighted by atomic mass is 9.90. The van der Waals surface area contributed by atoms with Crippen molar-refractivity contribution < 1.29 is 19.7 Å². The van der Waals surface area contributed by atoms with Gasteiger partial charge in [-0.2, -0.15) is 0 Å². The SMILES string of the molecule is O=C(O)NC(CCO)C1CCOCC1. The van der Waals surface area contributed by atoms with Crippen LogP contribution >= 0.6 is 0 Å². The van der Waals surface area contributed by atoms with Gasteiger partial charge in [0.25, 0.3) is 0 Å². The second kappa shape index (κ2) is 5.82. The standard InChI is InChI=1S/C9H17NO4/c11-4-1-8(10-9(12)13)7-2-5-14-6-3-7/h7-8,10-11H,1-6H2,(H,12,13). The van der Waals surface area contributed by atoms with Crippen LogP contribution in [0.25, 0.3) is 0 Å². The molecule has 1 rings (SSSR count). The van der Waals surface area contributed by atoms with E-state index in [9.17, 15) is 4.79 Å². The van der Waals surface area contributed by atoms with E-state index >= 15 is 0 Å². The van der Waals surface area contributed by atoms with E-state index in [0.717, 1.165) is 12.8 Å². The van der Waals surface area contributed by atoms with Crippen LogP contribution in [0.15, 0.2) is 0 Å². The van der Waals surface area contributed by atoms with Gasteiger partial charge in [-0.05, 0) is 25.2 Å². The second-order valence-corrected chi connectivity index (χ2v) is 3.52. The quantitative estimate of drug-likeness (QED) is 0.619. The Morgan fingerprint density at radius 1 is 1.50 bits per heavy atom. The molecule has 0 aromatic carbocycles. The number of amides is 1. The molecule has 1 aliphatic heterocycles. The molecular formula is C9H17NO4. The summed E-state index contributed by atoms with van der Waals surface area (Å²) in [6.45, 7) is 1.39. The van der Waals surface area contributed by atoms with Gasteiger partial charge < -0.3 is 20.3 Å². The number of carbonyl (C=O) groups is 1. The summed E-state index contributed by atoms with van der Waals surface area (Å²) in [4.78, 5) is 10.5. The molecule has 0 aliphatic carbocycles. The summed E-state index contributed by atoms with van der Waals surface area (Å²) in [5.41, 5.74) is 0. The van der Waals surface area contributed by atoms with Gasteiger partial charge in [0.1, 0.15) is 0 Å². The van der Waals surface area contributed by atoms with Crippen molar-refractivity contribution in [3.63, 3.8) is 0 Å². The molecule has 5 heteroatoms. The van der Waals surface area contributed by atoms with Gasteiger partial charge in [0.05, 0.1) is 0 Å². The maximum absolute atomic E-state index is 10.5. The van der Waals surface area contributed by atoms with Crippen LogP contribution < -0.4 is 5.32 Å². The second-order valence-electron chi connectivity index (χ2n) is 3.52. The Kier molecular flexibility index (Phi) is 4.69. The highest BCUT2D eigenvalue weighted by Crippen LogP contribution is 2.20. The lowest BCUT2D eigenvalue weighted by Gasteiger charge is -2.29. The Morgan fingerprint density at radius 3 is 2.64 bits per heavy atom. The van der Waals surface area contributed by atoms with Crippen LogP contribution in [0.3, 0.4) is 0 Å². The number of aliphatic hydroxyl groups is 1. The van der Waals surface area contributed by atoms with Crippen LogP contribution in [-0.4, -0.2) is 42.2 Å². The van der Waals surface area contributed by atoms with Gasteiger partial charge in [0.15, 0.2) is 0 Å². The first-order chi connectivity index (χ1) is 6.74. The van der Waals surface area contributed by atoms with E-state index in [0.29, 0.717) is 25.6 Å². The van der Waals surface area contributed by atoms with Crippen molar-refractivity contribution >= 4 is 6.09 Å². The molecule has 0 saturated carbocycles. The minimum Gasteiger partial charge on any atom is -0.465 e. The lowest BCUT2D eigenvalue weighted by molar-refractivity contribution is 0.0498. The normalized spacial score (nSPS) is 20.4. The number of rotatable bonds is 4. The van der Waals surface area contributed by atoms with E-state index in [1.165, 1.54) is 0 Å². The summed E-state index contributed by atoms with van der Waals surface area (Å²) >= 11 is 0. The van der Waals surface area contributed by atoms with Crippen LogP contribution in [-0.2, 0) is 4.74 Å². The van der Waals surface area contributed by atoms with Crippen molar-refractivity contribution in [1.29, 1.82) is 0 Å². The Hall–Kier alpha value is -0.810. The highest BCUT2D eigenvalue weighted by Gasteiger charge is 2.24. The van der Waals surface area contributed by atoms with E-state index in [1.807, 2.05) is 0 Å². The van der Waals surface area contributed by atoms with Crippen molar-refractivity contribution in [2.45, 2.75) is 25.3 Å². The van der Waals surface area contributed by atoms with Gasteiger partial charge >= 0.3 is 6.09 Å². The van der Waals surface area contributed by atoms with Crippen LogP contribution in [0, 0.1) is 5.92 Å². The lowest BCUT2D eigenvalue weighted by Crippen LogP contribution is -2.42. The summed E-state index contributed by atoms with van der Waals surface area (Å²) in [7, 11) is 0. The van der Waals surface area contributed by atoms with Gasteiger partial charge in [0, 0.05) is 25.9 Å². The van der Waals surface area contributed by atoms with Crippen LogP contribution in [0.5, 0.6) is 0 Å². The van der Waals surface area contributed by atoms with Gasteiger partial charge in [-0.25, -0.2) is 4.79 Å². The molecular weight excluding hydrogens is 186 g/mol. The van der Waals surface area contributed by atoms with Gasteiger partial charge in [0.2, 0.25) is 0 Å². The predicted octanol–water partition coefficient (Wildman–Crippen LogP) is 0.432. The molecule has 1 aliphatic rings. The topological polar surface area (TPSA) is 78.8 Å². The van der Waals surface area contributed by atoms with E-state index < -0.39 is 6.09 Å². The van der Waals surface area contributed by atoms with Crippen molar-refractivity contribution in [3.05, 3.63) is 0 Å². The van der Waals surface area contributed by atoms with Crippen molar-refractivity contribution in [2.75, 3.05) is 19.8 Å². The van der Waals surface area contributed by atoms with Crippen LogP contribution in [0.2, 0.25) is 0 Å². The summed E-state index contributed by atoms with van der Waals surface area (Å²) in [5.74, 6) is 0.298. The highest BCUT2D eigenvalue weighted by atomic mass is 16.5. The zero-order chi connectivity index (χ0) is 10.4. The third-order valence-corrected chi connectivity index (χ3v) is 2.58. The fourth-order valence-electron chi connectivity index (χ4n) is 1.84. The average molecular weight is 203 g/mol. The number of hydrogen-bond donors (Lipinski definition) is 3. The predicted molar refractivity (Wildman–Crippen MR) is 50.2 cm³/mol. The molecule has 1 saturated heterocycles. The molecule has 1 heterocycles. The fourth-order valence-corrected chi connectivity index (χ4v) is 1.84. The number of nitrogens with one attached hydrogen (secondary N) is 1. The molecule has 3 N–H and O–H groups in total. The first-order valence-corrected chi connectivity index (χ1v) is 4.92. The third-order valence-electron chi connectivity index (χ3n) is 2.58. The smallest absolute Gasteiger partial charge is 0.404 e. The first-order valence-electron chi connectivity index (χ1n) is 4.92. The van der Waals surface area contributed by atoms with Crippen LogP contribution in [0.1, 0.15) is 19.3 Å². The Morgan fingerprint density at radius 2 is 2.14 bits per heavy atom. The Bertz CT molecular complexity index is 180. The maximum Gasteiger partial charge on any atom is 0.404 e. The zero-order valence-electron chi connectivity index (χ0n) is 8.11. The molecule has 0 radical (unpaired) electrons. The van der Waals surface area contributed by atoms with E-state index in [2.05, 4.69) is 5.32 Å². The maximum atomic E-state index is 10.5. The minimum absolute atomic E-state index is 0.0162. The molecule has 1 atom stereocenters. The van der Waals surface area contributed by atoms with Crippen molar-refractivity contribution in [1.82, 2.24) is 5.32 Å². The van der Waals surface area contributed by atoms with Gasteiger partial charge in [-0.1, -0.05) is 0 Å². The molecule has 1 amide bonds. The zero-order valence-corrected chi connectivity index (χ0v) is 8.11. The monoisotopic (exact) mass is 203 g/mol. The molecule has 0 aromatic heterocycles. The largest absolute Gasteiger partial charge is 0.465 e. The molecule has 1 unspecified atom stereocenters.